The third-order valence-electron chi connectivity index (χ3n) is 4.03. The summed E-state index contributed by atoms with van der Waals surface area (Å²) >= 11 is 0. The SMILES string of the molecule is O=C(NCCCCCCNC(=O)OC(=O)C(F)(F)C(F)(F)C(F)(F)F)OC(=O)C(F)(F)C(F)(F)C(F)(F)F. The number of ether oxygens (including phenoxy) is 2. The molecule has 2 N–H and O–H groups in total. The molecule has 38 heavy (non-hydrogen) atoms. The van der Waals surface area contributed by atoms with E-state index < -0.39 is 73.3 Å². The lowest BCUT2D eigenvalue weighted by atomic mass is 10.1. The summed E-state index contributed by atoms with van der Waals surface area (Å²) in [6.45, 7) is -1.03. The summed E-state index contributed by atoms with van der Waals surface area (Å²) < 4.78 is 181. The van der Waals surface area contributed by atoms with Crippen molar-refractivity contribution in [3.8, 4) is 0 Å². The second-order valence-corrected chi connectivity index (χ2v) is 6.91. The molecule has 0 unspecified atom stereocenters. The Morgan fingerprint density at radius 3 is 0.974 bits per heavy atom. The lowest BCUT2D eigenvalue weighted by molar-refractivity contribution is -0.347. The van der Waals surface area contributed by atoms with Crippen LogP contribution >= 0.6 is 0 Å². The van der Waals surface area contributed by atoms with Crippen LogP contribution < -0.4 is 10.6 Å². The smallest absolute Gasteiger partial charge is 0.372 e. The summed E-state index contributed by atoms with van der Waals surface area (Å²) in [7, 11) is 0. The van der Waals surface area contributed by atoms with Crippen molar-refractivity contribution in [2.75, 3.05) is 13.1 Å². The molecule has 0 heterocycles. The molecule has 0 aromatic heterocycles. The predicted molar refractivity (Wildman–Crippen MR) is 89.3 cm³/mol. The molecular formula is C16H14F14N2O6. The van der Waals surface area contributed by atoms with Crippen molar-refractivity contribution in [1.82, 2.24) is 10.6 Å². The number of alkyl halides is 14. The first kappa shape index (κ1) is 34.9. The van der Waals surface area contributed by atoms with Crippen molar-refractivity contribution in [2.24, 2.45) is 0 Å². The molecule has 0 fully saturated rings. The predicted octanol–water partition coefficient (Wildman–Crippen LogP) is 4.72. The Morgan fingerprint density at radius 2 is 0.737 bits per heavy atom. The van der Waals surface area contributed by atoms with E-state index in [-0.39, 0.29) is 25.7 Å². The minimum absolute atomic E-state index is 0.0576. The largest absolute Gasteiger partial charge is 0.460 e. The molecule has 0 spiro atoms. The zero-order valence-corrected chi connectivity index (χ0v) is 18.0. The van der Waals surface area contributed by atoms with Gasteiger partial charge in [-0.2, -0.15) is 61.5 Å². The highest BCUT2D eigenvalue weighted by Crippen LogP contribution is 2.48. The maximum absolute atomic E-state index is 13.0. The van der Waals surface area contributed by atoms with Crippen LogP contribution in [-0.2, 0) is 19.1 Å². The van der Waals surface area contributed by atoms with Gasteiger partial charge in [0.2, 0.25) is 0 Å². The highest BCUT2D eigenvalue weighted by molar-refractivity contribution is 5.90. The van der Waals surface area contributed by atoms with Gasteiger partial charge < -0.3 is 20.1 Å². The van der Waals surface area contributed by atoms with Crippen molar-refractivity contribution in [1.29, 1.82) is 0 Å². The van der Waals surface area contributed by atoms with Gasteiger partial charge in [0.05, 0.1) is 0 Å². The fraction of sp³-hybridized carbons (Fsp3) is 0.750. The highest BCUT2D eigenvalue weighted by Gasteiger charge is 2.78. The monoisotopic (exact) mass is 596 g/mol. The molecule has 0 rings (SSSR count). The summed E-state index contributed by atoms with van der Waals surface area (Å²) in [5, 5.41) is 3.12. The Balaban J connectivity index is 4.32. The summed E-state index contributed by atoms with van der Waals surface area (Å²) in [6.07, 6.45) is -18.0. The average molecular weight is 596 g/mol. The van der Waals surface area contributed by atoms with Crippen molar-refractivity contribution in [2.45, 2.75) is 61.7 Å². The fourth-order valence-corrected chi connectivity index (χ4v) is 1.97. The van der Waals surface area contributed by atoms with Crippen LogP contribution in [0.5, 0.6) is 0 Å². The topological polar surface area (TPSA) is 111 Å². The standard InChI is InChI=1S/C16H14F14N2O6/c17-11(18,13(21,22)15(25,26)27)7(33)37-9(35)31-5-3-1-2-4-6-32-10(36)38-8(34)12(19,20)14(23,24)16(28,29)30/h1-6H2,(H,31,35)(H,32,36). The summed E-state index contributed by atoms with van der Waals surface area (Å²) in [6, 6.07) is 0. The summed E-state index contributed by atoms with van der Waals surface area (Å²) in [4.78, 5) is 43.9. The number of nitrogens with one attached hydrogen (secondary N) is 2. The quantitative estimate of drug-likeness (QED) is 0.155. The fourth-order valence-electron chi connectivity index (χ4n) is 1.97. The van der Waals surface area contributed by atoms with Crippen molar-refractivity contribution < 1.29 is 90.1 Å². The van der Waals surface area contributed by atoms with E-state index in [1.54, 1.807) is 10.6 Å². The maximum atomic E-state index is 13.0. The van der Waals surface area contributed by atoms with Crippen LogP contribution in [0.3, 0.4) is 0 Å². The Morgan fingerprint density at radius 1 is 0.474 bits per heavy atom. The van der Waals surface area contributed by atoms with Crippen molar-refractivity contribution in [3.63, 3.8) is 0 Å². The van der Waals surface area contributed by atoms with Gasteiger partial charge in [-0.1, -0.05) is 12.8 Å². The van der Waals surface area contributed by atoms with Crippen molar-refractivity contribution >= 4 is 24.1 Å². The number of carbonyl (C=O) groups excluding carboxylic acids is 4. The second-order valence-electron chi connectivity index (χ2n) is 6.91. The molecule has 0 bridgehead atoms. The maximum Gasteiger partial charge on any atom is 0.460 e. The van der Waals surface area contributed by atoms with Gasteiger partial charge in [0.15, 0.2) is 0 Å². The van der Waals surface area contributed by atoms with E-state index in [1.165, 1.54) is 0 Å². The number of halogens is 14. The van der Waals surface area contributed by atoms with Crippen LogP contribution in [0.1, 0.15) is 25.7 Å². The van der Waals surface area contributed by atoms with Gasteiger partial charge in [-0.25, -0.2) is 19.2 Å². The molecule has 2 amide bonds. The van der Waals surface area contributed by atoms with E-state index >= 15 is 0 Å². The number of rotatable bonds is 11. The van der Waals surface area contributed by atoms with Gasteiger partial charge in [0.1, 0.15) is 0 Å². The zero-order valence-electron chi connectivity index (χ0n) is 18.0. The number of alkyl carbamates (subject to hydrolysis) is 2. The van der Waals surface area contributed by atoms with Gasteiger partial charge in [0, 0.05) is 13.1 Å². The first-order chi connectivity index (χ1) is 16.8. The van der Waals surface area contributed by atoms with Gasteiger partial charge in [-0.3, -0.25) is 0 Å². The Bertz CT molecular complexity index is 802. The van der Waals surface area contributed by atoms with Gasteiger partial charge in [0.25, 0.3) is 0 Å². The lowest BCUT2D eigenvalue weighted by Gasteiger charge is -2.25. The Kier molecular flexibility index (Phi) is 11.2. The molecule has 0 radical (unpaired) electrons. The van der Waals surface area contributed by atoms with Crippen LogP contribution in [0, 0.1) is 0 Å². The van der Waals surface area contributed by atoms with E-state index in [4.69, 9.17) is 0 Å². The normalized spacial score (nSPS) is 13.5. The van der Waals surface area contributed by atoms with Gasteiger partial charge in [-0.15, -0.1) is 0 Å². The molecule has 0 aromatic carbocycles. The van der Waals surface area contributed by atoms with Gasteiger partial charge in [-0.05, 0) is 12.8 Å². The molecule has 222 valence electrons. The number of amides is 2. The summed E-state index contributed by atoms with van der Waals surface area (Å²) in [5.74, 6) is -33.5. The van der Waals surface area contributed by atoms with Crippen LogP contribution in [-0.4, -0.2) is 73.3 Å². The van der Waals surface area contributed by atoms with E-state index in [0.29, 0.717) is 0 Å². The molecule has 0 atom stereocenters. The molecule has 0 aliphatic heterocycles. The Labute approximate surface area is 201 Å². The lowest BCUT2D eigenvalue weighted by Crippen LogP contribution is -2.57. The minimum atomic E-state index is -6.85. The third-order valence-corrected chi connectivity index (χ3v) is 4.03. The molecule has 0 aliphatic carbocycles. The molecule has 22 heteroatoms. The van der Waals surface area contributed by atoms with E-state index in [0.717, 1.165) is 0 Å². The van der Waals surface area contributed by atoms with E-state index in [2.05, 4.69) is 9.47 Å². The number of esters is 2. The molecule has 0 saturated heterocycles. The average Bonchev–Trinajstić information content (AvgIpc) is 2.73. The van der Waals surface area contributed by atoms with Crippen molar-refractivity contribution in [3.05, 3.63) is 0 Å². The van der Waals surface area contributed by atoms with E-state index in [1.807, 2.05) is 0 Å². The van der Waals surface area contributed by atoms with Crippen LogP contribution in [0.2, 0.25) is 0 Å². The summed E-state index contributed by atoms with van der Waals surface area (Å²) in [5.41, 5.74) is 0. The number of unbranched alkanes of at least 4 members (excludes halogenated alkanes) is 3. The number of hydrogen-bond acceptors (Lipinski definition) is 6. The molecule has 0 aliphatic rings. The Hall–Kier alpha value is -3.10. The first-order valence-corrected chi connectivity index (χ1v) is 9.49. The molecular weight excluding hydrogens is 582 g/mol. The third kappa shape index (κ3) is 8.20. The second kappa shape index (κ2) is 12.2. The zero-order chi connectivity index (χ0) is 30.4. The van der Waals surface area contributed by atoms with Crippen LogP contribution in [0.15, 0.2) is 0 Å². The molecule has 8 nitrogen and oxygen atoms in total. The van der Waals surface area contributed by atoms with Gasteiger partial charge >= 0.3 is 60.2 Å². The number of hydrogen-bond donors (Lipinski definition) is 2. The molecule has 0 saturated carbocycles. The van der Waals surface area contributed by atoms with Crippen LogP contribution in [0.25, 0.3) is 0 Å². The number of carbonyl (C=O) groups is 4. The van der Waals surface area contributed by atoms with E-state index in [9.17, 15) is 80.6 Å². The highest BCUT2D eigenvalue weighted by atomic mass is 19.4. The minimum Gasteiger partial charge on any atom is -0.372 e. The molecule has 0 aromatic rings. The first-order valence-electron chi connectivity index (χ1n) is 9.49. The van der Waals surface area contributed by atoms with Crippen LogP contribution in [0.4, 0.5) is 71.1 Å².